The summed E-state index contributed by atoms with van der Waals surface area (Å²) in [6.07, 6.45) is 0.416. The molecule has 0 aliphatic carbocycles. The molecule has 3 N–H and O–H groups in total. The fourth-order valence-electron chi connectivity index (χ4n) is 2.14. The van der Waals surface area contributed by atoms with Crippen molar-refractivity contribution in [2.45, 2.75) is 25.5 Å². The summed E-state index contributed by atoms with van der Waals surface area (Å²) >= 11 is 5.91. The van der Waals surface area contributed by atoms with Gasteiger partial charge in [0.15, 0.2) is 0 Å². The van der Waals surface area contributed by atoms with Crippen molar-refractivity contribution in [1.29, 1.82) is 0 Å². The first-order valence-corrected chi connectivity index (χ1v) is 7.35. The molecular formula is C17H20ClNO2. The van der Waals surface area contributed by atoms with E-state index in [4.69, 9.17) is 27.2 Å². The van der Waals surface area contributed by atoms with Crippen molar-refractivity contribution in [3.8, 4) is 5.75 Å². The lowest BCUT2D eigenvalue weighted by Gasteiger charge is -2.23. The first-order valence-electron chi connectivity index (χ1n) is 6.97. The summed E-state index contributed by atoms with van der Waals surface area (Å²) in [5.74, 6) is 0.758. The smallest absolute Gasteiger partial charge is 0.138 e. The first kappa shape index (κ1) is 15.8. The second-order valence-electron chi connectivity index (χ2n) is 5.07. The predicted octanol–water partition coefficient (Wildman–Crippen LogP) is 3.34. The lowest BCUT2D eigenvalue weighted by Crippen LogP contribution is -2.29. The molecule has 4 heteroatoms. The summed E-state index contributed by atoms with van der Waals surface area (Å²) in [5.41, 5.74) is 8.11. The van der Waals surface area contributed by atoms with Crippen LogP contribution in [0.2, 0.25) is 5.02 Å². The number of aliphatic hydroxyl groups excluding tert-OH is 1. The molecule has 0 bridgehead atoms. The molecule has 0 aliphatic heterocycles. The van der Waals surface area contributed by atoms with Gasteiger partial charge in [-0.2, -0.15) is 0 Å². The third-order valence-corrected chi connectivity index (χ3v) is 3.51. The van der Waals surface area contributed by atoms with Crippen LogP contribution in [0, 0.1) is 0 Å². The highest BCUT2D eigenvalue weighted by atomic mass is 35.5. The predicted molar refractivity (Wildman–Crippen MR) is 85.7 cm³/mol. The van der Waals surface area contributed by atoms with Crippen LogP contribution < -0.4 is 10.5 Å². The molecule has 0 aromatic heterocycles. The Balaban J connectivity index is 2.14. The topological polar surface area (TPSA) is 55.5 Å². The summed E-state index contributed by atoms with van der Waals surface area (Å²) in [6.45, 7) is 2.06. The van der Waals surface area contributed by atoms with Crippen molar-refractivity contribution < 1.29 is 9.84 Å². The van der Waals surface area contributed by atoms with E-state index in [-0.39, 0.29) is 18.8 Å². The Labute approximate surface area is 130 Å². The molecular weight excluding hydrogens is 286 g/mol. The van der Waals surface area contributed by atoms with E-state index < -0.39 is 0 Å². The fourth-order valence-corrected chi connectivity index (χ4v) is 2.27. The third-order valence-electron chi connectivity index (χ3n) is 3.26. The molecule has 0 radical (unpaired) electrons. The van der Waals surface area contributed by atoms with E-state index in [1.165, 1.54) is 0 Å². The van der Waals surface area contributed by atoms with E-state index in [0.717, 1.165) is 16.9 Å². The quantitative estimate of drug-likeness (QED) is 0.860. The summed E-state index contributed by atoms with van der Waals surface area (Å²) in [4.78, 5) is 0. The van der Waals surface area contributed by atoms with Gasteiger partial charge in [-0.25, -0.2) is 0 Å². The second kappa shape index (κ2) is 7.46. The molecule has 2 rings (SSSR count). The maximum absolute atomic E-state index is 8.92. The Bertz CT molecular complexity index is 552. The summed E-state index contributed by atoms with van der Waals surface area (Å²) in [7, 11) is 0. The Morgan fingerprint density at radius 3 is 2.24 bits per heavy atom. The molecule has 2 aromatic rings. The van der Waals surface area contributed by atoms with E-state index in [0.29, 0.717) is 11.4 Å². The Morgan fingerprint density at radius 1 is 1.10 bits per heavy atom. The van der Waals surface area contributed by atoms with E-state index in [1.807, 2.05) is 55.5 Å². The molecule has 21 heavy (non-hydrogen) atoms. The summed E-state index contributed by atoms with van der Waals surface area (Å²) in [5, 5.41) is 9.61. The molecule has 0 fully saturated rings. The van der Waals surface area contributed by atoms with Crippen LogP contribution in [0.1, 0.15) is 24.2 Å². The van der Waals surface area contributed by atoms with Crippen molar-refractivity contribution in [3.05, 3.63) is 64.7 Å². The van der Waals surface area contributed by atoms with Gasteiger partial charge < -0.3 is 15.6 Å². The lowest BCUT2D eigenvalue weighted by atomic mass is 10.0. The molecule has 2 unspecified atom stereocenters. The number of hydrogen-bond donors (Lipinski definition) is 2. The molecule has 2 aromatic carbocycles. The number of hydrogen-bond acceptors (Lipinski definition) is 3. The molecule has 0 spiro atoms. The Kier molecular flexibility index (Phi) is 5.62. The maximum atomic E-state index is 8.92. The maximum Gasteiger partial charge on any atom is 0.138 e. The molecule has 112 valence electrons. The molecule has 0 saturated heterocycles. The van der Waals surface area contributed by atoms with Gasteiger partial charge in [0, 0.05) is 17.7 Å². The molecule has 0 amide bonds. The number of benzene rings is 2. The highest BCUT2D eigenvalue weighted by molar-refractivity contribution is 6.30. The van der Waals surface area contributed by atoms with Gasteiger partial charge in [0.2, 0.25) is 0 Å². The van der Waals surface area contributed by atoms with Crippen LogP contribution in [0.25, 0.3) is 0 Å². The van der Waals surface area contributed by atoms with Gasteiger partial charge in [-0.05, 0) is 48.7 Å². The molecule has 0 aliphatic rings. The van der Waals surface area contributed by atoms with E-state index in [1.54, 1.807) is 0 Å². The second-order valence-corrected chi connectivity index (χ2v) is 5.50. The monoisotopic (exact) mass is 305 g/mol. The normalized spacial score (nSPS) is 13.7. The largest absolute Gasteiger partial charge is 0.484 e. The molecule has 3 nitrogen and oxygen atoms in total. The van der Waals surface area contributed by atoms with Gasteiger partial charge in [0.25, 0.3) is 0 Å². The fraction of sp³-hybridized carbons (Fsp3) is 0.294. The number of ether oxygens (including phenoxy) is 1. The van der Waals surface area contributed by atoms with Gasteiger partial charge in [-0.1, -0.05) is 35.9 Å². The number of nitrogens with two attached hydrogens (primary N) is 1. The van der Waals surface area contributed by atoms with Gasteiger partial charge >= 0.3 is 0 Å². The average Bonchev–Trinajstić information content (AvgIpc) is 2.47. The lowest BCUT2D eigenvalue weighted by molar-refractivity contribution is 0.180. The van der Waals surface area contributed by atoms with Gasteiger partial charge in [-0.15, -0.1) is 0 Å². The van der Waals surface area contributed by atoms with E-state index >= 15 is 0 Å². The van der Waals surface area contributed by atoms with Crippen LogP contribution >= 0.6 is 11.6 Å². The van der Waals surface area contributed by atoms with Crippen molar-refractivity contribution in [1.82, 2.24) is 0 Å². The Hall–Kier alpha value is -1.55. The van der Waals surface area contributed by atoms with Crippen molar-refractivity contribution in [3.63, 3.8) is 0 Å². The van der Waals surface area contributed by atoms with Crippen LogP contribution in [-0.2, 0) is 6.42 Å². The third kappa shape index (κ3) is 4.46. The molecule has 0 heterocycles. The average molecular weight is 306 g/mol. The van der Waals surface area contributed by atoms with Crippen LogP contribution in [-0.4, -0.2) is 17.8 Å². The van der Waals surface area contributed by atoms with Crippen molar-refractivity contribution in [2.24, 2.45) is 5.73 Å². The number of rotatable bonds is 6. The van der Waals surface area contributed by atoms with Crippen LogP contribution in [0.5, 0.6) is 5.75 Å². The number of aliphatic hydroxyl groups is 1. The van der Waals surface area contributed by atoms with Gasteiger partial charge in [0.05, 0.1) is 0 Å². The zero-order valence-corrected chi connectivity index (χ0v) is 12.8. The zero-order valence-electron chi connectivity index (χ0n) is 12.0. The van der Waals surface area contributed by atoms with Crippen LogP contribution in [0.4, 0.5) is 0 Å². The van der Waals surface area contributed by atoms with Gasteiger partial charge in [0.1, 0.15) is 11.9 Å². The minimum absolute atomic E-state index is 0.146. The SMILES string of the molecule is CC(N)C(Oc1ccc(CCO)cc1)c1ccc(Cl)cc1. The zero-order chi connectivity index (χ0) is 15.2. The standard InChI is InChI=1S/C17H20ClNO2/c1-12(19)17(14-4-6-15(18)7-5-14)21-16-8-2-13(3-9-16)10-11-20/h2-9,12,17,20H,10-11,19H2,1H3. The molecule has 2 atom stereocenters. The van der Waals surface area contributed by atoms with Gasteiger partial charge in [-0.3, -0.25) is 0 Å². The van der Waals surface area contributed by atoms with E-state index in [2.05, 4.69) is 0 Å². The summed E-state index contributed by atoms with van der Waals surface area (Å²) < 4.78 is 6.00. The van der Waals surface area contributed by atoms with E-state index in [9.17, 15) is 0 Å². The highest BCUT2D eigenvalue weighted by Crippen LogP contribution is 2.25. The number of halogens is 1. The first-order chi connectivity index (χ1) is 10.1. The Morgan fingerprint density at radius 2 is 1.71 bits per heavy atom. The van der Waals surface area contributed by atoms with Crippen molar-refractivity contribution >= 4 is 11.6 Å². The minimum atomic E-state index is -0.231. The van der Waals surface area contributed by atoms with Crippen LogP contribution in [0.15, 0.2) is 48.5 Å². The minimum Gasteiger partial charge on any atom is -0.484 e. The molecule has 0 saturated carbocycles. The van der Waals surface area contributed by atoms with Crippen LogP contribution in [0.3, 0.4) is 0 Å². The highest BCUT2D eigenvalue weighted by Gasteiger charge is 2.18. The van der Waals surface area contributed by atoms with Crippen molar-refractivity contribution in [2.75, 3.05) is 6.61 Å². The summed E-state index contributed by atoms with van der Waals surface area (Å²) in [6, 6.07) is 15.1.